The first kappa shape index (κ1) is 20.5. The summed E-state index contributed by atoms with van der Waals surface area (Å²) >= 11 is 0. The van der Waals surface area contributed by atoms with Crippen LogP contribution in [0.5, 0.6) is 11.5 Å². The maximum atomic E-state index is 12.6. The molecule has 0 saturated carbocycles. The molecular weight excluding hydrogens is 404 g/mol. The molecule has 32 heavy (non-hydrogen) atoms. The zero-order valence-corrected chi connectivity index (χ0v) is 18.6. The van der Waals surface area contributed by atoms with E-state index in [9.17, 15) is 4.79 Å². The molecule has 0 fully saturated rings. The number of aryl methyl sites for hydroxylation is 1. The molecule has 3 heterocycles. The number of anilines is 1. The quantitative estimate of drug-likeness (QED) is 0.646. The van der Waals surface area contributed by atoms with Gasteiger partial charge >= 0.3 is 0 Å². The van der Waals surface area contributed by atoms with E-state index >= 15 is 0 Å². The van der Waals surface area contributed by atoms with Crippen LogP contribution < -0.4 is 14.8 Å². The topological polar surface area (TPSA) is 78.3 Å². The molecule has 2 aliphatic rings. The first-order chi connectivity index (χ1) is 15.5. The minimum absolute atomic E-state index is 0.0925. The smallest absolute Gasteiger partial charge is 0.262 e. The minimum atomic E-state index is -0.260. The Morgan fingerprint density at radius 2 is 2.03 bits per heavy atom. The summed E-state index contributed by atoms with van der Waals surface area (Å²) in [5.41, 5.74) is 2.50. The van der Waals surface area contributed by atoms with Crippen LogP contribution in [0.15, 0.2) is 42.5 Å². The molecular formula is C25H28N4O3. The van der Waals surface area contributed by atoms with Crippen LogP contribution in [0, 0.1) is 0 Å². The molecule has 2 aliphatic heterocycles. The van der Waals surface area contributed by atoms with E-state index in [2.05, 4.69) is 20.1 Å². The monoisotopic (exact) mass is 432 g/mol. The minimum Gasteiger partial charge on any atom is -0.483 e. The maximum Gasteiger partial charge on any atom is 0.262 e. The first-order valence-electron chi connectivity index (χ1n) is 11.2. The number of nitrogens with one attached hydrogen (secondary N) is 1. The van der Waals surface area contributed by atoms with Crippen LogP contribution in [0.1, 0.15) is 44.5 Å². The Balaban J connectivity index is 1.26. The average molecular weight is 433 g/mol. The number of fused-ring (bicyclic) bond motifs is 2. The molecule has 1 amide bonds. The van der Waals surface area contributed by atoms with Gasteiger partial charge < -0.3 is 19.4 Å². The molecule has 0 unspecified atom stereocenters. The second kappa shape index (κ2) is 8.30. The van der Waals surface area contributed by atoms with E-state index in [1.807, 2.05) is 56.3 Å². The van der Waals surface area contributed by atoms with Gasteiger partial charge in [0.05, 0.1) is 0 Å². The fourth-order valence-electron chi connectivity index (χ4n) is 4.48. The Labute approximate surface area is 187 Å². The highest BCUT2D eigenvalue weighted by Crippen LogP contribution is 2.41. The van der Waals surface area contributed by atoms with Gasteiger partial charge in [-0.1, -0.05) is 30.7 Å². The average Bonchev–Trinajstić information content (AvgIpc) is 3.22. The van der Waals surface area contributed by atoms with E-state index in [1.165, 1.54) is 6.42 Å². The highest BCUT2D eigenvalue weighted by atomic mass is 16.5. The van der Waals surface area contributed by atoms with Crippen LogP contribution in [0.3, 0.4) is 0 Å². The molecule has 2 aromatic carbocycles. The lowest BCUT2D eigenvalue weighted by Crippen LogP contribution is -2.25. The van der Waals surface area contributed by atoms with Crippen molar-refractivity contribution < 1.29 is 14.3 Å². The summed E-state index contributed by atoms with van der Waals surface area (Å²) < 4.78 is 14.0. The van der Waals surface area contributed by atoms with Gasteiger partial charge in [0, 0.05) is 36.2 Å². The number of hydrogen-bond donors (Lipinski definition) is 1. The second-order valence-corrected chi connectivity index (χ2v) is 9.10. The third-order valence-corrected chi connectivity index (χ3v) is 5.93. The molecule has 0 saturated heterocycles. The van der Waals surface area contributed by atoms with Crippen molar-refractivity contribution in [1.29, 1.82) is 0 Å². The molecule has 0 bridgehead atoms. The van der Waals surface area contributed by atoms with Crippen LogP contribution in [-0.2, 0) is 24.2 Å². The van der Waals surface area contributed by atoms with Crippen molar-refractivity contribution >= 4 is 11.6 Å². The Kier molecular flexibility index (Phi) is 5.33. The van der Waals surface area contributed by atoms with E-state index < -0.39 is 0 Å². The van der Waals surface area contributed by atoms with Crippen molar-refractivity contribution in [1.82, 2.24) is 14.8 Å². The van der Waals surface area contributed by atoms with Crippen molar-refractivity contribution in [3.8, 4) is 22.9 Å². The molecule has 5 rings (SSSR count). The fraction of sp³-hybridized carbons (Fsp3) is 0.400. The van der Waals surface area contributed by atoms with Gasteiger partial charge in [-0.2, -0.15) is 0 Å². The molecule has 0 atom stereocenters. The van der Waals surface area contributed by atoms with Gasteiger partial charge in [0.25, 0.3) is 5.91 Å². The fourth-order valence-corrected chi connectivity index (χ4v) is 4.48. The molecule has 7 nitrogen and oxygen atoms in total. The Morgan fingerprint density at radius 1 is 1.16 bits per heavy atom. The number of nitrogens with zero attached hydrogens (tertiary/aromatic N) is 3. The SMILES string of the molecule is CC1(C)Cc2cccc(OCC(=O)Nc3cccc(-c4nnc5n4CCCCC5)c3)c2O1. The number of carbonyl (C=O) groups is 1. The van der Waals surface area contributed by atoms with E-state index in [0.29, 0.717) is 11.4 Å². The highest BCUT2D eigenvalue weighted by Gasteiger charge is 2.32. The predicted molar refractivity (Wildman–Crippen MR) is 122 cm³/mol. The number of ether oxygens (including phenoxy) is 2. The van der Waals surface area contributed by atoms with Gasteiger partial charge in [-0.3, -0.25) is 4.79 Å². The van der Waals surface area contributed by atoms with E-state index in [1.54, 1.807) is 0 Å². The third kappa shape index (κ3) is 4.20. The van der Waals surface area contributed by atoms with Gasteiger partial charge in [0.15, 0.2) is 23.9 Å². The number of aromatic nitrogens is 3. The standard InChI is InChI=1S/C25H28N4O3/c1-25(2)15-18-9-7-11-20(23(18)32-25)31-16-22(30)26-19-10-6-8-17(14-19)24-28-27-21-12-4-3-5-13-29(21)24/h6-11,14H,3-5,12-13,15-16H2,1-2H3,(H,26,30). The zero-order chi connectivity index (χ0) is 22.1. The van der Waals surface area contributed by atoms with Crippen LogP contribution in [-0.4, -0.2) is 32.9 Å². The van der Waals surface area contributed by atoms with Crippen molar-refractivity contribution in [2.75, 3.05) is 11.9 Å². The lowest BCUT2D eigenvalue weighted by atomic mass is 10.0. The summed E-state index contributed by atoms with van der Waals surface area (Å²) in [7, 11) is 0. The van der Waals surface area contributed by atoms with Gasteiger partial charge in [0.1, 0.15) is 11.4 Å². The predicted octanol–water partition coefficient (Wildman–Crippen LogP) is 4.40. The van der Waals surface area contributed by atoms with Gasteiger partial charge in [0.2, 0.25) is 0 Å². The lowest BCUT2D eigenvalue weighted by molar-refractivity contribution is -0.118. The maximum absolute atomic E-state index is 12.6. The summed E-state index contributed by atoms with van der Waals surface area (Å²) in [6, 6.07) is 13.5. The van der Waals surface area contributed by atoms with E-state index in [4.69, 9.17) is 9.47 Å². The van der Waals surface area contributed by atoms with Crippen molar-refractivity contribution in [3.63, 3.8) is 0 Å². The normalized spacial score (nSPS) is 16.4. The number of amides is 1. The summed E-state index contributed by atoms with van der Waals surface area (Å²) in [6.07, 6.45) is 5.29. The Bertz CT molecular complexity index is 1150. The summed E-state index contributed by atoms with van der Waals surface area (Å²) in [5, 5.41) is 11.7. The van der Waals surface area contributed by atoms with E-state index in [0.717, 1.165) is 60.8 Å². The third-order valence-electron chi connectivity index (χ3n) is 5.93. The molecule has 3 aromatic rings. The molecule has 1 aromatic heterocycles. The number of benzene rings is 2. The summed E-state index contributed by atoms with van der Waals surface area (Å²) in [5.74, 6) is 3.01. The van der Waals surface area contributed by atoms with Crippen LogP contribution in [0.4, 0.5) is 5.69 Å². The summed E-state index contributed by atoms with van der Waals surface area (Å²) in [4.78, 5) is 12.6. The highest BCUT2D eigenvalue weighted by molar-refractivity contribution is 5.92. The van der Waals surface area contributed by atoms with Gasteiger partial charge in [-0.05, 0) is 44.9 Å². The molecule has 7 heteroatoms. The van der Waals surface area contributed by atoms with Crippen molar-refractivity contribution in [3.05, 3.63) is 53.9 Å². The number of rotatable bonds is 5. The Hall–Kier alpha value is -3.35. The Morgan fingerprint density at radius 3 is 2.94 bits per heavy atom. The summed E-state index contributed by atoms with van der Waals surface area (Å²) in [6.45, 7) is 4.93. The van der Waals surface area contributed by atoms with Crippen molar-refractivity contribution in [2.24, 2.45) is 0 Å². The molecule has 166 valence electrons. The first-order valence-corrected chi connectivity index (χ1v) is 11.2. The number of carbonyl (C=O) groups excluding carboxylic acids is 1. The van der Waals surface area contributed by atoms with Gasteiger partial charge in [-0.25, -0.2) is 0 Å². The zero-order valence-electron chi connectivity index (χ0n) is 18.6. The molecule has 1 N–H and O–H groups in total. The lowest BCUT2D eigenvalue weighted by Gasteiger charge is -2.18. The number of para-hydroxylation sites is 1. The molecule has 0 spiro atoms. The molecule has 0 aliphatic carbocycles. The van der Waals surface area contributed by atoms with Crippen LogP contribution >= 0.6 is 0 Å². The van der Waals surface area contributed by atoms with Crippen LogP contribution in [0.2, 0.25) is 0 Å². The largest absolute Gasteiger partial charge is 0.483 e. The van der Waals surface area contributed by atoms with Gasteiger partial charge in [-0.15, -0.1) is 10.2 Å². The van der Waals surface area contributed by atoms with E-state index in [-0.39, 0.29) is 18.1 Å². The van der Waals surface area contributed by atoms with Crippen molar-refractivity contribution in [2.45, 2.75) is 58.1 Å². The molecule has 0 radical (unpaired) electrons. The van der Waals surface area contributed by atoms with Crippen LogP contribution in [0.25, 0.3) is 11.4 Å². The number of hydrogen-bond acceptors (Lipinski definition) is 5. The second-order valence-electron chi connectivity index (χ2n) is 9.10.